The van der Waals surface area contributed by atoms with E-state index in [2.05, 4.69) is 4.98 Å². The third kappa shape index (κ3) is 4.14. The molecule has 0 fully saturated rings. The number of nitrogens with zero attached hydrogens (tertiary/aromatic N) is 3. The Bertz CT molecular complexity index is 1400. The van der Waals surface area contributed by atoms with Crippen molar-refractivity contribution in [2.24, 2.45) is 0 Å². The average molecular weight is 532 g/mol. The first kappa shape index (κ1) is 25.2. The van der Waals surface area contributed by atoms with Gasteiger partial charge in [-0.05, 0) is 60.5 Å². The summed E-state index contributed by atoms with van der Waals surface area (Å²) in [7, 11) is 0. The molecular weight excluding hydrogens is 511 g/mol. The van der Waals surface area contributed by atoms with Crippen molar-refractivity contribution in [3.05, 3.63) is 87.8 Å². The summed E-state index contributed by atoms with van der Waals surface area (Å²) in [6.07, 6.45) is 0.758. The molecule has 0 spiro atoms. The molecule has 1 atom stereocenters. The summed E-state index contributed by atoms with van der Waals surface area (Å²) in [5.41, 5.74) is -2.27. The number of hydrogen-bond acceptors (Lipinski definition) is 5. The molecular formula is C26H21ClF3N3O4. The number of anilines is 2. The number of aromatic nitrogens is 1. The molecule has 0 unspecified atom stereocenters. The van der Waals surface area contributed by atoms with Gasteiger partial charge in [-0.1, -0.05) is 11.6 Å². The highest BCUT2D eigenvalue weighted by molar-refractivity contribution is 6.30. The molecule has 2 N–H and O–H groups in total. The molecule has 11 heteroatoms. The zero-order valence-electron chi connectivity index (χ0n) is 19.3. The van der Waals surface area contributed by atoms with E-state index in [4.69, 9.17) is 11.6 Å². The highest BCUT2D eigenvalue weighted by Crippen LogP contribution is 2.47. The van der Waals surface area contributed by atoms with Gasteiger partial charge in [-0.15, -0.1) is 0 Å². The lowest BCUT2D eigenvalue weighted by molar-refractivity contribution is -0.205. The Morgan fingerprint density at radius 2 is 1.89 bits per heavy atom. The molecule has 2 aliphatic rings. The highest BCUT2D eigenvalue weighted by Gasteiger charge is 2.56. The monoisotopic (exact) mass is 531 g/mol. The molecule has 0 bridgehead atoms. The van der Waals surface area contributed by atoms with Crippen LogP contribution in [0.4, 0.5) is 24.7 Å². The molecule has 2 aliphatic heterocycles. The van der Waals surface area contributed by atoms with Gasteiger partial charge >= 0.3 is 0 Å². The Kier molecular flexibility index (Phi) is 6.21. The number of rotatable bonds is 3. The van der Waals surface area contributed by atoms with Crippen LogP contribution in [-0.2, 0) is 12.0 Å². The first-order valence-corrected chi connectivity index (χ1v) is 11.8. The number of carbonyl (C=O) groups excluding carboxylic acids is 2. The Labute approximate surface area is 214 Å². The number of alkyl halides is 2. The lowest BCUT2D eigenvalue weighted by Crippen LogP contribution is -2.48. The molecule has 3 heterocycles. The van der Waals surface area contributed by atoms with Crippen molar-refractivity contribution in [3.63, 3.8) is 0 Å². The Balaban J connectivity index is 1.45. The summed E-state index contributed by atoms with van der Waals surface area (Å²) in [6.45, 7) is -1.45. The number of carbonyl (C=O) groups is 2. The fourth-order valence-corrected chi connectivity index (χ4v) is 4.94. The largest absolute Gasteiger partial charge is 0.393 e. The topological polar surface area (TPSA) is 94.0 Å². The van der Waals surface area contributed by atoms with Gasteiger partial charge in [-0.3, -0.25) is 14.5 Å². The molecule has 37 heavy (non-hydrogen) atoms. The van der Waals surface area contributed by atoms with E-state index in [0.717, 1.165) is 11.0 Å². The maximum Gasteiger partial charge on any atom is 0.284 e. The van der Waals surface area contributed by atoms with E-state index in [0.29, 0.717) is 17.5 Å². The number of fused-ring (bicyclic) bond motifs is 2. The normalized spacial score (nSPS) is 20.8. The van der Waals surface area contributed by atoms with E-state index in [1.807, 2.05) is 0 Å². The summed E-state index contributed by atoms with van der Waals surface area (Å²) in [6, 6.07) is 10.7. The fourth-order valence-electron chi connectivity index (χ4n) is 4.77. The lowest BCUT2D eigenvalue weighted by Gasteiger charge is -2.33. The van der Waals surface area contributed by atoms with Gasteiger partial charge in [-0.2, -0.15) is 0 Å². The summed E-state index contributed by atoms with van der Waals surface area (Å²) in [5.74, 6) is -4.90. The number of aliphatic hydroxyl groups is 2. The molecule has 0 aliphatic carbocycles. The number of aliphatic hydroxyl groups excluding tert-OH is 1. The van der Waals surface area contributed by atoms with Crippen LogP contribution in [0.3, 0.4) is 0 Å². The van der Waals surface area contributed by atoms with Crippen molar-refractivity contribution in [2.45, 2.75) is 24.4 Å². The molecule has 3 aromatic rings. The molecule has 0 radical (unpaired) electrons. The van der Waals surface area contributed by atoms with Gasteiger partial charge in [0, 0.05) is 41.9 Å². The van der Waals surface area contributed by atoms with Crippen LogP contribution in [-0.4, -0.2) is 52.6 Å². The number of halogens is 4. The SMILES string of the molecule is O=C1c2ccc(F)cc2CCN1c1ccc(C(=O)N2CCC(F)(F)[C@](O)(CO)c3cc(Cl)ccc32)cn1. The molecule has 0 saturated carbocycles. The second kappa shape index (κ2) is 9.13. The van der Waals surface area contributed by atoms with Crippen LogP contribution in [0.1, 0.15) is 38.3 Å². The van der Waals surface area contributed by atoms with Crippen LogP contribution < -0.4 is 9.80 Å². The standard InChI is InChI=1S/C26H21ClF3N3O4/c27-17-2-5-21-20(12-17)25(37,14-34)26(29,30)8-10-32(21)23(35)16-1-6-22(31-13-16)33-9-7-15-11-18(28)3-4-19(15)24(33)36/h1-6,11-13,34,37H,7-10,14H2/t25-/m0/s1. The van der Waals surface area contributed by atoms with E-state index in [-0.39, 0.29) is 40.1 Å². The number of amides is 2. The average Bonchev–Trinajstić information content (AvgIpc) is 2.96. The predicted molar refractivity (Wildman–Crippen MR) is 130 cm³/mol. The van der Waals surface area contributed by atoms with Crippen LogP contribution in [0.25, 0.3) is 0 Å². The van der Waals surface area contributed by atoms with Gasteiger partial charge in [0.05, 0.1) is 17.9 Å². The Morgan fingerprint density at radius 1 is 1.11 bits per heavy atom. The summed E-state index contributed by atoms with van der Waals surface area (Å²) < 4.78 is 43.4. The van der Waals surface area contributed by atoms with E-state index < -0.39 is 42.8 Å². The maximum absolute atomic E-state index is 14.9. The van der Waals surface area contributed by atoms with Crippen molar-refractivity contribution in [3.8, 4) is 0 Å². The smallest absolute Gasteiger partial charge is 0.284 e. The van der Waals surface area contributed by atoms with Crippen molar-refractivity contribution < 1.29 is 33.0 Å². The third-order valence-corrected chi connectivity index (χ3v) is 7.08. The molecule has 0 saturated heterocycles. The van der Waals surface area contributed by atoms with Crippen molar-refractivity contribution in [1.82, 2.24) is 4.98 Å². The molecule has 5 rings (SSSR count). The van der Waals surface area contributed by atoms with Crippen LogP contribution >= 0.6 is 11.6 Å². The van der Waals surface area contributed by atoms with Crippen molar-refractivity contribution in [2.75, 3.05) is 29.5 Å². The van der Waals surface area contributed by atoms with Gasteiger partial charge in [0.25, 0.3) is 17.7 Å². The molecule has 7 nitrogen and oxygen atoms in total. The molecule has 2 amide bonds. The van der Waals surface area contributed by atoms with Gasteiger partial charge < -0.3 is 15.1 Å². The third-order valence-electron chi connectivity index (χ3n) is 6.84. The zero-order valence-corrected chi connectivity index (χ0v) is 20.1. The quantitative estimate of drug-likeness (QED) is 0.534. The fraction of sp³-hybridized carbons (Fsp3) is 0.269. The summed E-state index contributed by atoms with van der Waals surface area (Å²) in [5, 5.41) is 20.5. The lowest BCUT2D eigenvalue weighted by atomic mass is 9.86. The predicted octanol–water partition coefficient (Wildman–Crippen LogP) is 3.94. The second-order valence-corrected chi connectivity index (χ2v) is 9.44. The zero-order chi connectivity index (χ0) is 26.5. The van der Waals surface area contributed by atoms with Crippen LogP contribution in [0, 0.1) is 5.82 Å². The number of pyridine rings is 1. The van der Waals surface area contributed by atoms with E-state index in [1.165, 1.54) is 53.6 Å². The van der Waals surface area contributed by atoms with Crippen LogP contribution in [0.5, 0.6) is 0 Å². The minimum absolute atomic E-state index is 0.0118. The number of benzene rings is 2. The first-order chi connectivity index (χ1) is 17.6. The summed E-state index contributed by atoms with van der Waals surface area (Å²) >= 11 is 5.99. The number of hydrogen-bond donors (Lipinski definition) is 2. The van der Waals surface area contributed by atoms with Gasteiger partial charge in [0.2, 0.25) is 0 Å². The Morgan fingerprint density at radius 3 is 2.59 bits per heavy atom. The molecule has 1 aromatic heterocycles. The second-order valence-electron chi connectivity index (χ2n) is 9.00. The van der Waals surface area contributed by atoms with Crippen molar-refractivity contribution >= 4 is 34.9 Å². The van der Waals surface area contributed by atoms with E-state index in [9.17, 15) is 33.0 Å². The minimum atomic E-state index is -3.74. The van der Waals surface area contributed by atoms with Crippen molar-refractivity contribution in [1.29, 1.82) is 0 Å². The molecule has 192 valence electrons. The van der Waals surface area contributed by atoms with Gasteiger partial charge in [-0.25, -0.2) is 18.2 Å². The van der Waals surface area contributed by atoms with E-state index >= 15 is 0 Å². The minimum Gasteiger partial charge on any atom is -0.393 e. The summed E-state index contributed by atoms with van der Waals surface area (Å²) in [4.78, 5) is 33.1. The maximum atomic E-state index is 14.9. The van der Waals surface area contributed by atoms with Crippen LogP contribution in [0.2, 0.25) is 5.02 Å². The van der Waals surface area contributed by atoms with Gasteiger partial charge in [0.15, 0.2) is 5.60 Å². The molecule has 2 aromatic carbocycles. The van der Waals surface area contributed by atoms with Gasteiger partial charge in [0.1, 0.15) is 11.6 Å². The van der Waals surface area contributed by atoms with Crippen LogP contribution in [0.15, 0.2) is 54.7 Å². The Hall–Kier alpha value is -3.47. The van der Waals surface area contributed by atoms with E-state index in [1.54, 1.807) is 0 Å². The highest BCUT2D eigenvalue weighted by atomic mass is 35.5. The first-order valence-electron chi connectivity index (χ1n) is 11.4.